The fraction of sp³-hybridized carbons (Fsp3) is 0.261. The van der Waals surface area contributed by atoms with Gasteiger partial charge in [0, 0.05) is 24.8 Å². The number of carbonyl (C=O) groups excluding carboxylic acids is 2. The van der Waals surface area contributed by atoms with Crippen molar-refractivity contribution in [3.05, 3.63) is 70.7 Å². The lowest BCUT2D eigenvalue weighted by atomic mass is 10.0. The van der Waals surface area contributed by atoms with E-state index in [1.165, 1.54) is 18.2 Å². The summed E-state index contributed by atoms with van der Waals surface area (Å²) in [6, 6.07) is 13.1. The Balaban J connectivity index is 1.41. The Morgan fingerprint density at radius 3 is 2.53 bits per heavy atom. The molecule has 1 aromatic heterocycles. The van der Waals surface area contributed by atoms with Gasteiger partial charge in [0.1, 0.15) is 22.8 Å². The van der Waals surface area contributed by atoms with Crippen molar-refractivity contribution < 1.29 is 18.5 Å². The highest BCUT2D eigenvalue weighted by Gasteiger charge is 2.31. The van der Waals surface area contributed by atoms with Gasteiger partial charge < -0.3 is 20.1 Å². The average molecular weight is 457 g/mol. The monoisotopic (exact) mass is 456 g/mol. The summed E-state index contributed by atoms with van der Waals surface area (Å²) in [6.45, 7) is 2.48. The molecule has 0 unspecified atom stereocenters. The van der Waals surface area contributed by atoms with E-state index in [9.17, 15) is 14.0 Å². The summed E-state index contributed by atoms with van der Waals surface area (Å²) < 4.78 is 19.6. The van der Waals surface area contributed by atoms with Crippen molar-refractivity contribution in [1.29, 1.82) is 0 Å². The first-order valence-electron chi connectivity index (χ1n) is 10.3. The predicted molar refractivity (Wildman–Crippen MR) is 119 cm³/mol. The summed E-state index contributed by atoms with van der Waals surface area (Å²) >= 11 is 6.17. The minimum atomic E-state index is -0.577. The molecule has 32 heavy (non-hydrogen) atoms. The number of likely N-dealkylation sites (tertiary alicyclic amines) is 1. The number of amides is 3. The molecule has 3 aromatic rings. The van der Waals surface area contributed by atoms with Crippen LogP contribution in [-0.4, -0.2) is 41.1 Å². The second-order valence-corrected chi connectivity index (χ2v) is 8.00. The maximum atomic E-state index is 14.4. The molecule has 0 radical (unpaired) electrons. The second-order valence-electron chi connectivity index (χ2n) is 7.59. The predicted octanol–water partition coefficient (Wildman–Crippen LogP) is 4.87. The molecular weight excluding hydrogens is 435 g/mol. The number of piperidine rings is 1. The first-order valence-corrected chi connectivity index (χ1v) is 10.6. The van der Waals surface area contributed by atoms with E-state index in [-0.39, 0.29) is 39.8 Å². The number of nitrogens with one attached hydrogen (secondary N) is 2. The minimum absolute atomic E-state index is 0.0449. The molecule has 1 aliphatic heterocycles. The van der Waals surface area contributed by atoms with E-state index >= 15 is 0 Å². The Bertz CT molecular complexity index is 1110. The van der Waals surface area contributed by atoms with Crippen LogP contribution in [0.1, 0.15) is 29.0 Å². The number of benzene rings is 2. The molecule has 1 aliphatic rings. The molecule has 7 nitrogen and oxygen atoms in total. The highest BCUT2D eigenvalue weighted by atomic mass is 35.5. The Morgan fingerprint density at radius 2 is 1.84 bits per heavy atom. The molecule has 2 N–H and O–H groups in total. The quantitative estimate of drug-likeness (QED) is 0.586. The van der Waals surface area contributed by atoms with Gasteiger partial charge in [0.2, 0.25) is 0 Å². The summed E-state index contributed by atoms with van der Waals surface area (Å²) in [4.78, 5) is 27.1. The average Bonchev–Trinajstić information content (AvgIpc) is 3.15. The molecule has 3 amide bonds. The van der Waals surface area contributed by atoms with Crippen LogP contribution in [0.3, 0.4) is 0 Å². The number of carbonyl (C=O) groups is 2. The number of rotatable bonds is 4. The third-order valence-electron chi connectivity index (χ3n) is 5.43. The van der Waals surface area contributed by atoms with Crippen molar-refractivity contribution >= 4 is 29.2 Å². The zero-order valence-electron chi connectivity index (χ0n) is 17.4. The van der Waals surface area contributed by atoms with Crippen molar-refractivity contribution in [3.63, 3.8) is 0 Å². The summed E-state index contributed by atoms with van der Waals surface area (Å²) in [5.74, 6) is -0.579. The van der Waals surface area contributed by atoms with E-state index in [0.29, 0.717) is 37.4 Å². The maximum absolute atomic E-state index is 14.4. The van der Waals surface area contributed by atoms with Gasteiger partial charge >= 0.3 is 6.03 Å². The molecule has 0 aliphatic carbocycles. The number of para-hydroxylation sites is 1. The lowest BCUT2D eigenvalue weighted by Crippen LogP contribution is -2.47. The summed E-state index contributed by atoms with van der Waals surface area (Å²) in [5, 5.41) is 9.79. The Morgan fingerprint density at radius 1 is 1.12 bits per heavy atom. The van der Waals surface area contributed by atoms with Crippen LogP contribution < -0.4 is 10.6 Å². The summed E-state index contributed by atoms with van der Waals surface area (Å²) in [7, 11) is 0. The lowest BCUT2D eigenvalue weighted by molar-refractivity contribution is 0.0707. The van der Waals surface area contributed by atoms with Crippen molar-refractivity contribution in [2.75, 3.05) is 18.4 Å². The molecule has 0 atom stereocenters. The van der Waals surface area contributed by atoms with E-state index in [0.717, 1.165) is 0 Å². The zero-order valence-corrected chi connectivity index (χ0v) is 18.2. The number of anilines is 1. The third kappa shape index (κ3) is 4.60. The number of aryl methyl sites for hydroxylation is 1. The van der Waals surface area contributed by atoms with E-state index in [1.54, 1.807) is 11.8 Å². The third-order valence-corrected chi connectivity index (χ3v) is 5.74. The minimum Gasteiger partial charge on any atom is -0.360 e. The first-order chi connectivity index (χ1) is 15.4. The Hall–Kier alpha value is -3.39. The normalized spacial score (nSPS) is 14.3. The highest BCUT2D eigenvalue weighted by molar-refractivity contribution is 6.33. The van der Waals surface area contributed by atoms with Gasteiger partial charge in [0.15, 0.2) is 0 Å². The van der Waals surface area contributed by atoms with E-state index in [4.69, 9.17) is 16.1 Å². The molecule has 0 spiro atoms. The van der Waals surface area contributed by atoms with Crippen LogP contribution >= 0.6 is 11.6 Å². The molecular formula is C23H22ClFN4O3. The van der Waals surface area contributed by atoms with Gasteiger partial charge in [-0.05, 0) is 44.0 Å². The molecule has 9 heteroatoms. The van der Waals surface area contributed by atoms with Gasteiger partial charge in [0.05, 0.1) is 10.6 Å². The van der Waals surface area contributed by atoms with E-state index in [2.05, 4.69) is 15.8 Å². The van der Waals surface area contributed by atoms with Crippen LogP contribution in [0.4, 0.5) is 14.9 Å². The smallest absolute Gasteiger partial charge is 0.319 e. The second kappa shape index (κ2) is 9.40. The van der Waals surface area contributed by atoms with Crippen LogP contribution in [0.5, 0.6) is 0 Å². The largest absolute Gasteiger partial charge is 0.360 e. The number of aromatic nitrogens is 1. The number of hydrogen-bond donors (Lipinski definition) is 2. The lowest BCUT2D eigenvalue weighted by Gasteiger charge is -2.32. The van der Waals surface area contributed by atoms with Gasteiger partial charge in [-0.25, -0.2) is 9.18 Å². The van der Waals surface area contributed by atoms with Crippen LogP contribution in [0.15, 0.2) is 53.1 Å². The molecule has 1 saturated heterocycles. The molecule has 4 rings (SSSR count). The fourth-order valence-electron chi connectivity index (χ4n) is 3.78. The maximum Gasteiger partial charge on any atom is 0.319 e. The van der Waals surface area contributed by atoms with Crippen LogP contribution in [0.25, 0.3) is 11.3 Å². The Labute approximate surface area is 189 Å². The Kier molecular flexibility index (Phi) is 6.41. The number of nitrogens with zero attached hydrogens (tertiary/aromatic N) is 2. The molecule has 2 aromatic carbocycles. The molecule has 0 saturated carbocycles. The van der Waals surface area contributed by atoms with Crippen molar-refractivity contribution in [2.45, 2.75) is 25.8 Å². The van der Waals surface area contributed by atoms with Gasteiger partial charge in [-0.3, -0.25) is 4.79 Å². The molecule has 166 valence electrons. The first kappa shape index (κ1) is 21.8. The van der Waals surface area contributed by atoms with Crippen molar-refractivity contribution in [1.82, 2.24) is 15.4 Å². The van der Waals surface area contributed by atoms with E-state index in [1.807, 2.05) is 30.3 Å². The van der Waals surface area contributed by atoms with Crippen molar-refractivity contribution in [2.24, 2.45) is 0 Å². The molecule has 0 bridgehead atoms. The van der Waals surface area contributed by atoms with Gasteiger partial charge in [-0.1, -0.05) is 41.0 Å². The number of hydrogen-bond acceptors (Lipinski definition) is 4. The van der Waals surface area contributed by atoms with Gasteiger partial charge in [-0.2, -0.15) is 0 Å². The van der Waals surface area contributed by atoms with Crippen LogP contribution in [0, 0.1) is 12.7 Å². The van der Waals surface area contributed by atoms with E-state index < -0.39 is 5.82 Å². The summed E-state index contributed by atoms with van der Waals surface area (Å²) in [6.07, 6.45) is 1.18. The van der Waals surface area contributed by atoms with Crippen molar-refractivity contribution in [3.8, 4) is 11.3 Å². The zero-order chi connectivity index (χ0) is 22.7. The number of urea groups is 1. The summed E-state index contributed by atoms with van der Waals surface area (Å²) in [5.41, 5.74) is 1.05. The van der Waals surface area contributed by atoms with Gasteiger partial charge in [0.25, 0.3) is 5.91 Å². The molecule has 2 heterocycles. The standard InChI is InChI=1S/C23H22ClFN4O3/c1-14-19(21(28-32-14)20-17(24)8-5-9-18(20)25)22(30)29-12-10-16(11-13-29)27-23(31)26-15-6-3-2-4-7-15/h2-9,16H,10-13H2,1H3,(H2,26,27,31). The van der Waals surface area contributed by atoms with Gasteiger partial charge in [-0.15, -0.1) is 0 Å². The van der Waals surface area contributed by atoms with Crippen LogP contribution in [-0.2, 0) is 0 Å². The van der Waals surface area contributed by atoms with Crippen LogP contribution in [0.2, 0.25) is 5.02 Å². The SMILES string of the molecule is Cc1onc(-c2c(F)cccc2Cl)c1C(=O)N1CCC(NC(=O)Nc2ccccc2)CC1. The topological polar surface area (TPSA) is 87.5 Å². The fourth-order valence-corrected chi connectivity index (χ4v) is 4.03. The highest BCUT2D eigenvalue weighted by Crippen LogP contribution is 2.34. The number of halogens is 2. The molecule has 1 fully saturated rings.